The molecule has 0 aliphatic heterocycles. The van der Waals surface area contributed by atoms with Crippen molar-refractivity contribution in [2.24, 2.45) is 0 Å². The minimum absolute atomic E-state index is 0.0758. The Morgan fingerprint density at radius 2 is 2.11 bits per heavy atom. The molecule has 19 heavy (non-hydrogen) atoms. The molecule has 104 valence electrons. The Balaban J connectivity index is 2.37. The molecule has 0 saturated heterocycles. The highest BCUT2D eigenvalue weighted by molar-refractivity contribution is 5.79. The fraction of sp³-hybridized carbons (Fsp3) is 0.385. The van der Waals surface area contributed by atoms with E-state index in [2.05, 4.69) is 10.6 Å². The molecule has 0 saturated carbocycles. The molecule has 1 aromatic rings. The maximum absolute atomic E-state index is 13.0. The van der Waals surface area contributed by atoms with Crippen molar-refractivity contribution in [3.8, 4) is 0 Å². The minimum Gasteiger partial charge on any atom is -0.480 e. The molecule has 0 bridgehead atoms. The number of hydrogen-bond acceptors (Lipinski definition) is 3. The predicted molar refractivity (Wildman–Crippen MR) is 68.1 cm³/mol. The Morgan fingerprint density at radius 1 is 1.42 bits per heavy atom. The standard InChI is InChI=1S/C13H17FN2O3/c1-8-5-10(3-4-11(8)14)6-16-12(17)7-15-9(2)13(18)19/h3-5,9,15H,6-7H2,1-2H3,(H,16,17)(H,18,19)/t9-/m1/s1. The lowest BCUT2D eigenvalue weighted by molar-refractivity contribution is -0.139. The molecule has 1 rings (SSSR count). The summed E-state index contributed by atoms with van der Waals surface area (Å²) in [6.07, 6.45) is 0. The molecule has 0 aliphatic rings. The minimum atomic E-state index is -1.01. The van der Waals surface area contributed by atoms with E-state index in [4.69, 9.17) is 5.11 Å². The topological polar surface area (TPSA) is 78.4 Å². The van der Waals surface area contributed by atoms with Crippen molar-refractivity contribution in [1.29, 1.82) is 0 Å². The van der Waals surface area contributed by atoms with E-state index in [1.54, 1.807) is 19.1 Å². The molecule has 5 nitrogen and oxygen atoms in total. The van der Waals surface area contributed by atoms with Crippen molar-refractivity contribution < 1.29 is 19.1 Å². The first kappa shape index (κ1) is 15.1. The normalized spacial score (nSPS) is 11.9. The maximum Gasteiger partial charge on any atom is 0.320 e. The van der Waals surface area contributed by atoms with Crippen molar-refractivity contribution in [3.05, 3.63) is 35.1 Å². The molecule has 0 spiro atoms. The summed E-state index contributed by atoms with van der Waals surface area (Å²) in [6, 6.07) is 3.82. The molecule has 0 aliphatic carbocycles. The van der Waals surface area contributed by atoms with Crippen LogP contribution in [0.4, 0.5) is 4.39 Å². The van der Waals surface area contributed by atoms with Gasteiger partial charge in [-0.15, -0.1) is 0 Å². The van der Waals surface area contributed by atoms with Gasteiger partial charge in [0.05, 0.1) is 6.54 Å². The van der Waals surface area contributed by atoms with E-state index in [1.807, 2.05) is 0 Å². The van der Waals surface area contributed by atoms with Crippen LogP contribution in [-0.2, 0) is 16.1 Å². The summed E-state index contributed by atoms with van der Waals surface area (Å²) in [5.74, 6) is -1.61. The van der Waals surface area contributed by atoms with Gasteiger partial charge in [0.15, 0.2) is 0 Å². The average molecular weight is 268 g/mol. The fourth-order valence-electron chi connectivity index (χ4n) is 1.41. The van der Waals surface area contributed by atoms with E-state index in [0.29, 0.717) is 5.56 Å². The van der Waals surface area contributed by atoms with Crippen molar-refractivity contribution in [1.82, 2.24) is 10.6 Å². The Bertz CT molecular complexity index is 477. The van der Waals surface area contributed by atoms with E-state index in [9.17, 15) is 14.0 Å². The largest absolute Gasteiger partial charge is 0.480 e. The molecule has 6 heteroatoms. The summed E-state index contributed by atoms with van der Waals surface area (Å²) in [5.41, 5.74) is 1.31. The number of amides is 1. The number of rotatable bonds is 6. The van der Waals surface area contributed by atoms with Crippen molar-refractivity contribution >= 4 is 11.9 Å². The van der Waals surface area contributed by atoms with E-state index in [0.717, 1.165) is 5.56 Å². The van der Waals surface area contributed by atoms with Gasteiger partial charge in [-0.25, -0.2) is 4.39 Å². The van der Waals surface area contributed by atoms with E-state index < -0.39 is 12.0 Å². The molecule has 1 aromatic carbocycles. The number of carboxylic acids is 1. The van der Waals surface area contributed by atoms with Gasteiger partial charge < -0.3 is 10.4 Å². The van der Waals surface area contributed by atoms with Gasteiger partial charge in [-0.1, -0.05) is 12.1 Å². The average Bonchev–Trinajstić information content (AvgIpc) is 2.37. The molecule has 0 fully saturated rings. The first-order valence-electron chi connectivity index (χ1n) is 5.88. The third-order valence-electron chi connectivity index (χ3n) is 2.65. The molecule has 1 atom stereocenters. The Morgan fingerprint density at radius 3 is 2.68 bits per heavy atom. The van der Waals surface area contributed by atoms with Crippen LogP contribution in [0.25, 0.3) is 0 Å². The summed E-state index contributed by atoms with van der Waals surface area (Å²) in [7, 11) is 0. The molecule has 0 unspecified atom stereocenters. The van der Waals surface area contributed by atoms with Gasteiger partial charge >= 0.3 is 5.97 Å². The number of aryl methyl sites for hydroxylation is 1. The number of carbonyl (C=O) groups excluding carboxylic acids is 1. The summed E-state index contributed by atoms with van der Waals surface area (Å²) in [6.45, 7) is 3.31. The highest BCUT2D eigenvalue weighted by atomic mass is 19.1. The molecule has 0 radical (unpaired) electrons. The van der Waals surface area contributed by atoms with Crippen LogP contribution < -0.4 is 10.6 Å². The van der Waals surface area contributed by atoms with Gasteiger partial charge in [0.25, 0.3) is 0 Å². The first-order valence-corrected chi connectivity index (χ1v) is 5.88. The second-order valence-electron chi connectivity index (χ2n) is 4.30. The number of aliphatic carboxylic acids is 1. The van der Waals surface area contributed by atoms with Crippen molar-refractivity contribution in [3.63, 3.8) is 0 Å². The monoisotopic (exact) mass is 268 g/mol. The maximum atomic E-state index is 13.0. The van der Waals surface area contributed by atoms with Crippen LogP contribution in [-0.4, -0.2) is 29.6 Å². The van der Waals surface area contributed by atoms with Crippen LogP contribution in [0.3, 0.4) is 0 Å². The van der Waals surface area contributed by atoms with Gasteiger partial charge in [-0.3, -0.25) is 14.9 Å². The zero-order valence-electron chi connectivity index (χ0n) is 10.9. The van der Waals surface area contributed by atoms with Gasteiger partial charge in [-0.2, -0.15) is 0 Å². The van der Waals surface area contributed by atoms with E-state index >= 15 is 0 Å². The fourth-order valence-corrected chi connectivity index (χ4v) is 1.41. The highest BCUT2D eigenvalue weighted by Gasteiger charge is 2.11. The number of carboxylic acid groups (broad SMARTS) is 1. The van der Waals surface area contributed by atoms with Crippen LogP contribution in [0.1, 0.15) is 18.1 Å². The van der Waals surface area contributed by atoms with Crippen LogP contribution in [0.2, 0.25) is 0 Å². The lowest BCUT2D eigenvalue weighted by atomic mass is 10.1. The molecular formula is C13H17FN2O3. The molecule has 1 amide bonds. The van der Waals surface area contributed by atoms with Crippen LogP contribution >= 0.6 is 0 Å². The summed E-state index contributed by atoms with van der Waals surface area (Å²) < 4.78 is 13.0. The van der Waals surface area contributed by atoms with E-state index in [-0.39, 0.29) is 24.8 Å². The third kappa shape index (κ3) is 5.05. The highest BCUT2D eigenvalue weighted by Crippen LogP contribution is 2.08. The van der Waals surface area contributed by atoms with Crippen molar-refractivity contribution in [2.75, 3.05) is 6.54 Å². The van der Waals surface area contributed by atoms with Crippen molar-refractivity contribution in [2.45, 2.75) is 26.4 Å². The van der Waals surface area contributed by atoms with Gasteiger partial charge in [0.2, 0.25) is 5.91 Å². The van der Waals surface area contributed by atoms with Gasteiger partial charge in [0.1, 0.15) is 11.9 Å². The number of benzene rings is 1. The SMILES string of the molecule is Cc1cc(CNC(=O)CN[C@H](C)C(=O)O)ccc1F. The third-order valence-corrected chi connectivity index (χ3v) is 2.65. The molecular weight excluding hydrogens is 251 g/mol. The smallest absolute Gasteiger partial charge is 0.320 e. The molecule has 0 heterocycles. The summed E-state index contributed by atoms with van der Waals surface area (Å²) >= 11 is 0. The molecule has 0 aromatic heterocycles. The van der Waals surface area contributed by atoms with Gasteiger partial charge in [0, 0.05) is 6.54 Å². The first-order chi connectivity index (χ1) is 8.90. The van der Waals surface area contributed by atoms with Crippen LogP contribution in [0.15, 0.2) is 18.2 Å². The van der Waals surface area contributed by atoms with E-state index in [1.165, 1.54) is 13.0 Å². The second-order valence-corrected chi connectivity index (χ2v) is 4.30. The lowest BCUT2D eigenvalue weighted by Gasteiger charge is -2.10. The second kappa shape index (κ2) is 6.84. The zero-order valence-corrected chi connectivity index (χ0v) is 10.9. The molecule has 3 N–H and O–H groups in total. The zero-order chi connectivity index (χ0) is 14.4. The van der Waals surface area contributed by atoms with Crippen LogP contribution in [0, 0.1) is 12.7 Å². The number of carbonyl (C=O) groups is 2. The number of nitrogens with one attached hydrogen (secondary N) is 2. The Labute approximate surface area is 110 Å². The number of hydrogen-bond donors (Lipinski definition) is 3. The summed E-state index contributed by atoms with van der Waals surface area (Å²) in [4.78, 5) is 22.0. The predicted octanol–water partition coefficient (Wildman–Crippen LogP) is 0.813. The number of halogens is 1. The lowest BCUT2D eigenvalue weighted by Crippen LogP contribution is -2.41. The Kier molecular flexibility index (Phi) is 5.44. The van der Waals surface area contributed by atoms with Gasteiger partial charge in [-0.05, 0) is 31.0 Å². The Hall–Kier alpha value is -1.95. The van der Waals surface area contributed by atoms with Crippen LogP contribution in [0.5, 0.6) is 0 Å². The quantitative estimate of drug-likeness (QED) is 0.713. The summed E-state index contributed by atoms with van der Waals surface area (Å²) in [5, 5.41) is 13.8.